The van der Waals surface area contributed by atoms with E-state index in [1.807, 2.05) is 24.8 Å². The van der Waals surface area contributed by atoms with E-state index < -0.39 is 0 Å². The third-order valence-corrected chi connectivity index (χ3v) is 3.89. The molecule has 1 aromatic rings. The second-order valence-corrected chi connectivity index (χ2v) is 5.08. The van der Waals surface area contributed by atoms with E-state index in [0.29, 0.717) is 17.3 Å². The van der Waals surface area contributed by atoms with Gasteiger partial charge in [-0.05, 0) is 32.8 Å². The summed E-state index contributed by atoms with van der Waals surface area (Å²) in [4.78, 5) is 14.4. The topological polar surface area (TPSA) is 46.1 Å². The molecule has 1 unspecified atom stereocenters. The molecule has 0 N–H and O–H groups in total. The molecule has 0 aromatic carbocycles. The number of rotatable bonds is 2. The molecule has 2 heterocycles. The number of amides is 1. The number of nitrogens with zero attached hydrogens (tertiary/aromatic N) is 3. The lowest BCUT2D eigenvalue weighted by Crippen LogP contribution is -2.37. The van der Waals surface area contributed by atoms with E-state index in [9.17, 15) is 4.79 Å². The highest BCUT2D eigenvalue weighted by atomic mass is 79.9. The first kappa shape index (κ1) is 12.5. The third-order valence-electron chi connectivity index (χ3n) is 3.15. The standard InChI is InChI=1S/C12H16BrN3O/c1-8-6-11(9(2)15-14-8)12(17)16-5-3-4-10(16)7-13/h6,10H,3-5,7H2,1-2H3. The molecule has 0 saturated carbocycles. The fraction of sp³-hybridized carbons (Fsp3) is 0.583. The molecule has 2 rings (SSSR count). The van der Waals surface area contributed by atoms with Gasteiger partial charge >= 0.3 is 0 Å². The molecule has 0 spiro atoms. The van der Waals surface area contributed by atoms with Crippen molar-refractivity contribution in [3.05, 3.63) is 23.0 Å². The Kier molecular flexibility index (Phi) is 3.76. The van der Waals surface area contributed by atoms with Crippen LogP contribution in [0.2, 0.25) is 0 Å². The van der Waals surface area contributed by atoms with Crippen LogP contribution in [0.5, 0.6) is 0 Å². The van der Waals surface area contributed by atoms with Gasteiger partial charge in [-0.15, -0.1) is 0 Å². The SMILES string of the molecule is Cc1cc(C(=O)N2CCCC2CBr)c(C)nn1. The summed E-state index contributed by atoms with van der Waals surface area (Å²) >= 11 is 3.47. The number of hydrogen-bond acceptors (Lipinski definition) is 3. The molecule has 92 valence electrons. The molecule has 0 bridgehead atoms. The summed E-state index contributed by atoms with van der Waals surface area (Å²) in [6.07, 6.45) is 2.16. The van der Waals surface area contributed by atoms with Crippen molar-refractivity contribution >= 4 is 21.8 Å². The molecule has 4 nitrogen and oxygen atoms in total. The minimum atomic E-state index is 0.0856. The summed E-state index contributed by atoms with van der Waals surface area (Å²) in [5.74, 6) is 0.0856. The van der Waals surface area contributed by atoms with Crippen LogP contribution in [0, 0.1) is 13.8 Å². The van der Waals surface area contributed by atoms with Gasteiger partial charge in [0, 0.05) is 17.9 Å². The highest BCUT2D eigenvalue weighted by Gasteiger charge is 2.29. The normalized spacial score (nSPS) is 19.7. The molecule has 0 aliphatic carbocycles. The van der Waals surface area contributed by atoms with E-state index in [0.717, 1.165) is 30.4 Å². The highest BCUT2D eigenvalue weighted by molar-refractivity contribution is 9.09. The first-order chi connectivity index (χ1) is 8.13. The monoisotopic (exact) mass is 297 g/mol. The average Bonchev–Trinajstić information content (AvgIpc) is 2.79. The zero-order valence-electron chi connectivity index (χ0n) is 10.1. The summed E-state index contributed by atoms with van der Waals surface area (Å²) in [5, 5.41) is 8.81. The molecule has 1 atom stereocenters. The first-order valence-corrected chi connectivity index (χ1v) is 6.93. The number of likely N-dealkylation sites (tertiary alicyclic amines) is 1. The molecule has 1 aromatic heterocycles. The van der Waals surface area contributed by atoms with Gasteiger partial charge in [0.25, 0.3) is 5.91 Å². The molecular weight excluding hydrogens is 282 g/mol. The van der Waals surface area contributed by atoms with Gasteiger partial charge in [0.15, 0.2) is 0 Å². The van der Waals surface area contributed by atoms with Gasteiger partial charge in [-0.2, -0.15) is 10.2 Å². The highest BCUT2D eigenvalue weighted by Crippen LogP contribution is 2.22. The van der Waals surface area contributed by atoms with Gasteiger partial charge in [-0.25, -0.2) is 0 Å². The Morgan fingerprint density at radius 2 is 2.29 bits per heavy atom. The van der Waals surface area contributed by atoms with Crippen molar-refractivity contribution in [2.45, 2.75) is 32.7 Å². The number of carbonyl (C=O) groups excluding carboxylic acids is 1. The fourth-order valence-electron chi connectivity index (χ4n) is 2.18. The zero-order chi connectivity index (χ0) is 12.4. The second kappa shape index (κ2) is 5.12. The minimum Gasteiger partial charge on any atom is -0.335 e. The van der Waals surface area contributed by atoms with Crippen LogP contribution in [0.15, 0.2) is 6.07 Å². The van der Waals surface area contributed by atoms with Crippen molar-refractivity contribution < 1.29 is 4.79 Å². The van der Waals surface area contributed by atoms with Crippen molar-refractivity contribution in [3.63, 3.8) is 0 Å². The molecule has 0 radical (unpaired) electrons. The van der Waals surface area contributed by atoms with E-state index in [-0.39, 0.29) is 5.91 Å². The van der Waals surface area contributed by atoms with Crippen molar-refractivity contribution in [1.29, 1.82) is 0 Å². The Balaban J connectivity index is 2.27. The number of carbonyl (C=O) groups is 1. The largest absolute Gasteiger partial charge is 0.335 e. The van der Waals surface area contributed by atoms with Crippen molar-refractivity contribution in [2.24, 2.45) is 0 Å². The molecule has 17 heavy (non-hydrogen) atoms. The Morgan fingerprint density at radius 3 is 3.00 bits per heavy atom. The van der Waals surface area contributed by atoms with Gasteiger partial charge in [0.1, 0.15) is 0 Å². The van der Waals surface area contributed by atoms with Crippen molar-refractivity contribution in [1.82, 2.24) is 15.1 Å². The van der Waals surface area contributed by atoms with Crippen LogP contribution in [0.25, 0.3) is 0 Å². The van der Waals surface area contributed by atoms with Gasteiger partial charge in [0.2, 0.25) is 0 Å². The van der Waals surface area contributed by atoms with E-state index in [4.69, 9.17) is 0 Å². The number of aromatic nitrogens is 2. The van der Waals surface area contributed by atoms with Gasteiger partial charge in [-0.1, -0.05) is 15.9 Å². The maximum Gasteiger partial charge on any atom is 0.256 e. The summed E-state index contributed by atoms with van der Waals surface area (Å²) in [6, 6.07) is 2.14. The van der Waals surface area contributed by atoms with Gasteiger partial charge in [0.05, 0.1) is 17.0 Å². The molecular formula is C12H16BrN3O. The van der Waals surface area contributed by atoms with E-state index in [1.165, 1.54) is 0 Å². The molecule has 1 aliphatic rings. The van der Waals surface area contributed by atoms with Crippen molar-refractivity contribution in [3.8, 4) is 0 Å². The quantitative estimate of drug-likeness (QED) is 0.785. The Labute approximate surface area is 110 Å². The number of aryl methyl sites for hydroxylation is 2. The Hall–Kier alpha value is -0.970. The molecule has 1 aliphatic heterocycles. The molecule has 5 heteroatoms. The predicted molar refractivity (Wildman–Crippen MR) is 69.4 cm³/mol. The maximum atomic E-state index is 12.4. The minimum absolute atomic E-state index is 0.0856. The van der Waals surface area contributed by atoms with Crippen LogP contribution in [0.3, 0.4) is 0 Å². The zero-order valence-corrected chi connectivity index (χ0v) is 11.7. The number of halogens is 1. The van der Waals surface area contributed by atoms with Crippen LogP contribution in [-0.2, 0) is 0 Å². The maximum absolute atomic E-state index is 12.4. The Bertz CT molecular complexity index is 436. The van der Waals surface area contributed by atoms with E-state index >= 15 is 0 Å². The lowest BCUT2D eigenvalue weighted by atomic mass is 10.1. The molecule has 1 saturated heterocycles. The summed E-state index contributed by atoms with van der Waals surface area (Å²) in [7, 11) is 0. The van der Waals surface area contributed by atoms with E-state index in [1.54, 1.807) is 0 Å². The lowest BCUT2D eigenvalue weighted by molar-refractivity contribution is 0.0749. The number of hydrogen-bond donors (Lipinski definition) is 0. The molecule has 1 fully saturated rings. The van der Waals surface area contributed by atoms with Gasteiger partial charge < -0.3 is 4.90 Å². The third kappa shape index (κ3) is 2.49. The lowest BCUT2D eigenvalue weighted by Gasteiger charge is -2.23. The first-order valence-electron chi connectivity index (χ1n) is 5.81. The van der Waals surface area contributed by atoms with Crippen molar-refractivity contribution in [2.75, 3.05) is 11.9 Å². The van der Waals surface area contributed by atoms with Crippen LogP contribution >= 0.6 is 15.9 Å². The summed E-state index contributed by atoms with van der Waals surface area (Å²) in [5.41, 5.74) is 2.18. The van der Waals surface area contributed by atoms with Crippen LogP contribution in [-0.4, -0.2) is 38.9 Å². The van der Waals surface area contributed by atoms with Crippen LogP contribution < -0.4 is 0 Å². The van der Waals surface area contributed by atoms with Gasteiger partial charge in [-0.3, -0.25) is 4.79 Å². The average molecular weight is 298 g/mol. The van der Waals surface area contributed by atoms with E-state index in [2.05, 4.69) is 26.1 Å². The Morgan fingerprint density at radius 1 is 1.53 bits per heavy atom. The van der Waals surface area contributed by atoms with Crippen LogP contribution in [0.1, 0.15) is 34.6 Å². The summed E-state index contributed by atoms with van der Waals surface area (Å²) < 4.78 is 0. The fourth-order valence-corrected chi connectivity index (χ4v) is 2.86. The summed E-state index contributed by atoms with van der Waals surface area (Å²) in [6.45, 7) is 4.53. The predicted octanol–water partition coefficient (Wildman–Crippen LogP) is 2.09. The smallest absolute Gasteiger partial charge is 0.256 e. The second-order valence-electron chi connectivity index (χ2n) is 4.43. The molecule has 1 amide bonds. The van der Waals surface area contributed by atoms with Crippen LogP contribution in [0.4, 0.5) is 0 Å². The number of alkyl halides is 1.